The average molecular weight is 423 g/mol. The fraction of sp³-hybridized carbons (Fsp3) is 0.0909. The predicted octanol–water partition coefficient (Wildman–Crippen LogP) is 4.22. The summed E-state index contributed by atoms with van der Waals surface area (Å²) in [5.74, 6) is -0.213. The van der Waals surface area contributed by atoms with E-state index in [2.05, 4.69) is 0 Å². The van der Waals surface area contributed by atoms with E-state index in [4.69, 9.17) is 19.0 Å². The highest BCUT2D eigenvalue weighted by Gasteiger charge is 2.12. The minimum absolute atomic E-state index is 0.0501. The number of non-ortho nitro benzene ring substituents is 1. The van der Waals surface area contributed by atoms with Gasteiger partial charge < -0.3 is 19.0 Å². The molecule has 0 spiro atoms. The number of carbonyl (C=O) groups is 2. The first-order valence-electron chi connectivity index (χ1n) is 8.97. The summed E-state index contributed by atoms with van der Waals surface area (Å²) < 4.78 is 15.9. The van der Waals surface area contributed by atoms with Gasteiger partial charge in [0.15, 0.2) is 23.9 Å². The fourth-order valence-corrected chi connectivity index (χ4v) is 2.70. The van der Waals surface area contributed by atoms with Crippen molar-refractivity contribution in [3.05, 3.63) is 82.1 Å². The second-order valence-electron chi connectivity index (χ2n) is 6.26. The molecule has 3 rings (SSSR count). The van der Waals surface area contributed by atoms with E-state index in [-0.39, 0.29) is 23.0 Å². The molecule has 1 N–H and O–H groups in total. The van der Waals surface area contributed by atoms with Crippen LogP contribution in [-0.2, 0) is 4.79 Å². The first-order valence-corrected chi connectivity index (χ1v) is 8.97. The zero-order valence-electron chi connectivity index (χ0n) is 16.3. The monoisotopic (exact) mass is 423 g/mol. The Labute approximate surface area is 176 Å². The number of allylic oxidation sites excluding steroid dienone is 1. The number of carboxylic acids is 1. The van der Waals surface area contributed by atoms with Crippen molar-refractivity contribution in [1.29, 1.82) is 0 Å². The van der Waals surface area contributed by atoms with Crippen molar-refractivity contribution < 1.29 is 33.5 Å². The number of aliphatic carboxylic acids is 1. The van der Waals surface area contributed by atoms with Gasteiger partial charge in [-0.15, -0.1) is 0 Å². The molecule has 2 aromatic carbocycles. The summed E-state index contributed by atoms with van der Waals surface area (Å²) in [6, 6.07) is 13.7. The Morgan fingerprint density at radius 2 is 1.94 bits per heavy atom. The molecular weight excluding hydrogens is 406 g/mol. The van der Waals surface area contributed by atoms with E-state index < -0.39 is 17.5 Å². The van der Waals surface area contributed by atoms with Gasteiger partial charge >= 0.3 is 5.97 Å². The van der Waals surface area contributed by atoms with Gasteiger partial charge in [-0.2, -0.15) is 0 Å². The summed E-state index contributed by atoms with van der Waals surface area (Å²) in [4.78, 5) is 33.5. The summed E-state index contributed by atoms with van der Waals surface area (Å²) in [6.07, 6.45) is 2.78. The molecule has 9 heteroatoms. The van der Waals surface area contributed by atoms with Gasteiger partial charge in [0, 0.05) is 23.3 Å². The van der Waals surface area contributed by atoms with E-state index in [9.17, 15) is 19.7 Å². The van der Waals surface area contributed by atoms with E-state index >= 15 is 0 Å². The lowest BCUT2D eigenvalue weighted by atomic mass is 10.1. The van der Waals surface area contributed by atoms with Gasteiger partial charge in [0.2, 0.25) is 0 Å². The Balaban J connectivity index is 1.74. The maximum absolute atomic E-state index is 12.5. The fourth-order valence-electron chi connectivity index (χ4n) is 2.70. The van der Waals surface area contributed by atoms with Crippen LogP contribution in [0.4, 0.5) is 5.69 Å². The van der Waals surface area contributed by atoms with Crippen LogP contribution in [0.2, 0.25) is 0 Å². The summed E-state index contributed by atoms with van der Waals surface area (Å²) >= 11 is 0. The number of furan rings is 1. The van der Waals surface area contributed by atoms with Crippen molar-refractivity contribution in [3.8, 4) is 22.8 Å². The second-order valence-corrected chi connectivity index (χ2v) is 6.26. The van der Waals surface area contributed by atoms with Gasteiger partial charge in [-0.3, -0.25) is 14.9 Å². The van der Waals surface area contributed by atoms with E-state index in [1.165, 1.54) is 49.6 Å². The second kappa shape index (κ2) is 9.40. The molecule has 0 aliphatic carbocycles. The van der Waals surface area contributed by atoms with Crippen LogP contribution >= 0.6 is 0 Å². The van der Waals surface area contributed by atoms with Gasteiger partial charge in [0.1, 0.15) is 11.5 Å². The van der Waals surface area contributed by atoms with Crippen molar-refractivity contribution >= 4 is 23.5 Å². The molecule has 9 nitrogen and oxygen atoms in total. The highest BCUT2D eigenvalue weighted by molar-refractivity contribution is 6.07. The standard InChI is InChI=1S/C22H17NO8/c1-29-21-12-14(5-9-20(21)30-13-22(25)26)18(24)8-6-17-7-10-19(31-17)15-3-2-4-16(11-15)23(27)28/h2-12H,13H2,1H3,(H,25,26)/b8-6+. The van der Waals surface area contributed by atoms with Crippen molar-refractivity contribution in [1.82, 2.24) is 0 Å². The Kier molecular flexibility index (Phi) is 6.46. The van der Waals surface area contributed by atoms with Gasteiger partial charge in [0.25, 0.3) is 5.69 Å². The molecule has 0 radical (unpaired) electrons. The number of nitro groups is 1. The maximum Gasteiger partial charge on any atom is 0.341 e. The number of carboxylic acid groups (broad SMARTS) is 1. The summed E-state index contributed by atoms with van der Waals surface area (Å²) in [5.41, 5.74) is 0.800. The largest absolute Gasteiger partial charge is 0.493 e. The summed E-state index contributed by atoms with van der Waals surface area (Å²) in [7, 11) is 1.38. The SMILES string of the molecule is COc1cc(C(=O)/C=C/c2ccc(-c3cccc([N+](=O)[O-])c3)o2)ccc1OCC(=O)O. The molecule has 0 bridgehead atoms. The number of carbonyl (C=O) groups excluding carboxylic acids is 1. The minimum Gasteiger partial charge on any atom is -0.493 e. The molecule has 0 unspecified atom stereocenters. The molecule has 1 aromatic heterocycles. The van der Waals surface area contributed by atoms with Gasteiger partial charge in [-0.1, -0.05) is 12.1 Å². The number of hydrogen-bond donors (Lipinski definition) is 1. The van der Waals surface area contributed by atoms with Crippen LogP contribution in [0.3, 0.4) is 0 Å². The number of rotatable bonds is 9. The Morgan fingerprint density at radius 3 is 2.65 bits per heavy atom. The number of ether oxygens (including phenoxy) is 2. The van der Waals surface area contributed by atoms with Gasteiger partial charge in [0.05, 0.1) is 12.0 Å². The van der Waals surface area contributed by atoms with Crippen LogP contribution in [0.25, 0.3) is 17.4 Å². The van der Waals surface area contributed by atoms with Crippen molar-refractivity contribution in [2.24, 2.45) is 0 Å². The third-order valence-electron chi connectivity index (χ3n) is 4.17. The molecule has 0 amide bonds. The van der Waals surface area contributed by atoms with Crippen molar-refractivity contribution in [3.63, 3.8) is 0 Å². The molecule has 0 atom stereocenters. The lowest BCUT2D eigenvalue weighted by molar-refractivity contribution is -0.384. The molecule has 3 aromatic rings. The molecule has 0 fully saturated rings. The van der Waals surface area contributed by atoms with Gasteiger partial charge in [-0.25, -0.2) is 4.79 Å². The third kappa shape index (κ3) is 5.36. The minimum atomic E-state index is -1.13. The molecule has 0 aliphatic heterocycles. The normalized spacial score (nSPS) is 10.7. The van der Waals surface area contributed by atoms with Crippen LogP contribution in [-0.4, -0.2) is 35.5 Å². The quantitative estimate of drug-likeness (QED) is 0.234. The molecule has 0 saturated carbocycles. The van der Waals surface area contributed by atoms with Crippen LogP contribution < -0.4 is 9.47 Å². The van der Waals surface area contributed by atoms with E-state index in [1.807, 2.05) is 0 Å². The van der Waals surface area contributed by atoms with Crippen molar-refractivity contribution in [2.45, 2.75) is 0 Å². The number of methoxy groups -OCH3 is 1. The van der Waals surface area contributed by atoms with Crippen LogP contribution in [0.5, 0.6) is 11.5 Å². The number of ketones is 1. The lowest BCUT2D eigenvalue weighted by Crippen LogP contribution is -2.10. The molecular formula is C22H17NO8. The Morgan fingerprint density at radius 1 is 1.13 bits per heavy atom. The molecule has 31 heavy (non-hydrogen) atoms. The number of nitrogens with zero attached hydrogens (tertiary/aromatic N) is 1. The first kappa shape index (κ1) is 21.3. The Hall–Kier alpha value is -4.40. The summed E-state index contributed by atoms with van der Waals surface area (Å²) in [6.45, 7) is -0.533. The molecule has 1 heterocycles. The van der Waals surface area contributed by atoms with Crippen LogP contribution in [0.15, 0.2) is 65.1 Å². The first-order chi connectivity index (χ1) is 14.9. The van der Waals surface area contributed by atoms with Gasteiger partial charge in [-0.05, 0) is 42.5 Å². The maximum atomic E-state index is 12.5. The molecule has 0 aliphatic rings. The number of nitro benzene ring substituents is 1. The van der Waals surface area contributed by atoms with E-state index in [0.29, 0.717) is 22.6 Å². The third-order valence-corrected chi connectivity index (χ3v) is 4.17. The highest BCUT2D eigenvalue weighted by Crippen LogP contribution is 2.29. The van der Waals surface area contributed by atoms with Crippen LogP contribution in [0, 0.1) is 10.1 Å². The number of benzene rings is 2. The average Bonchev–Trinajstić information content (AvgIpc) is 3.25. The molecule has 0 saturated heterocycles. The smallest absolute Gasteiger partial charge is 0.341 e. The van der Waals surface area contributed by atoms with E-state index in [1.54, 1.807) is 24.3 Å². The van der Waals surface area contributed by atoms with Crippen molar-refractivity contribution in [2.75, 3.05) is 13.7 Å². The Bertz CT molecular complexity index is 1160. The zero-order valence-corrected chi connectivity index (χ0v) is 16.3. The van der Waals surface area contributed by atoms with Crippen LogP contribution in [0.1, 0.15) is 16.1 Å². The summed E-state index contributed by atoms with van der Waals surface area (Å²) in [5, 5.41) is 19.6. The molecule has 158 valence electrons. The van der Waals surface area contributed by atoms with E-state index in [0.717, 1.165) is 0 Å². The zero-order chi connectivity index (χ0) is 22.4. The lowest BCUT2D eigenvalue weighted by Gasteiger charge is -2.09. The topological polar surface area (TPSA) is 129 Å². The highest BCUT2D eigenvalue weighted by atomic mass is 16.6. The number of hydrogen-bond acceptors (Lipinski definition) is 7. The predicted molar refractivity (Wildman–Crippen MR) is 110 cm³/mol.